The van der Waals surface area contributed by atoms with E-state index in [9.17, 15) is 18.4 Å². The van der Waals surface area contributed by atoms with E-state index in [-0.39, 0.29) is 12.1 Å². The summed E-state index contributed by atoms with van der Waals surface area (Å²) in [6.07, 6.45) is 2.74. The van der Waals surface area contributed by atoms with Gasteiger partial charge in [-0.15, -0.1) is 0 Å². The largest absolute Gasteiger partial charge is 0.495 e. The zero-order valence-electron chi connectivity index (χ0n) is 13.3. The van der Waals surface area contributed by atoms with Crippen LogP contribution in [0.1, 0.15) is 5.56 Å². The van der Waals surface area contributed by atoms with Crippen molar-refractivity contribution in [3.8, 4) is 11.4 Å². The second-order valence-electron chi connectivity index (χ2n) is 5.31. The van der Waals surface area contributed by atoms with Gasteiger partial charge in [0.15, 0.2) is 0 Å². The first kappa shape index (κ1) is 16.6. The number of nitrogens with zero attached hydrogens (tertiary/aromatic N) is 2. The van der Waals surface area contributed by atoms with Gasteiger partial charge in [-0.3, -0.25) is 14.2 Å². The van der Waals surface area contributed by atoms with Crippen LogP contribution < -0.4 is 15.9 Å². The molecule has 0 bridgehead atoms. The van der Waals surface area contributed by atoms with Gasteiger partial charge >= 0.3 is 11.1 Å². The summed E-state index contributed by atoms with van der Waals surface area (Å²) < 4.78 is 34.4. The van der Waals surface area contributed by atoms with Crippen molar-refractivity contribution in [1.29, 1.82) is 0 Å². The quantitative estimate of drug-likeness (QED) is 0.683. The molecule has 0 aliphatic heterocycles. The van der Waals surface area contributed by atoms with E-state index in [0.717, 1.165) is 27.3 Å². The second kappa shape index (κ2) is 6.72. The number of hydrogen-bond acceptors (Lipinski definition) is 3. The number of para-hydroxylation sites is 2. The molecule has 0 atom stereocenters. The fourth-order valence-electron chi connectivity index (χ4n) is 2.50. The van der Waals surface area contributed by atoms with E-state index in [0.29, 0.717) is 11.4 Å². The maximum Gasteiger partial charge on any atom is 0.321 e. The van der Waals surface area contributed by atoms with Crippen molar-refractivity contribution in [1.82, 2.24) is 9.13 Å². The van der Waals surface area contributed by atoms with Crippen molar-refractivity contribution in [2.24, 2.45) is 0 Å². The van der Waals surface area contributed by atoms with E-state index in [4.69, 9.17) is 4.74 Å². The topological polar surface area (TPSA) is 53.2 Å². The second-order valence-corrected chi connectivity index (χ2v) is 5.31. The summed E-state index contributed by atoms with van der Waals surface area (Å²) in [7, 11) is 1.46. The molecule has 1 aromatic heterocycles. The van der Waals surface area contributed by atoms with Crippen molar-refractivity contribution in [2.75, 3.05) is 7.11 Å². The van der Waals surface area contributed by atoms with Crippen LogP contribution in [0.3, 0.4) is 0 Å². The Hall–Kier alpha value is -3.22. The molecule has 3 rings (SSSR count). The Balaban J connectivity index is 2.06. The molecule has 25 heavy (non-hydrogen) atoms. The Morgan fingerprint density at radius 2 is 1.76 bits per heavy atom. The predicted octanol–water partition coefficient (Wildman–Crippen LogP) is 2.33. The predicted molar refractivity (Wildman–Crippen MR) is 88.3 cm³/mol. The zero-order chi connectivity index (χ0) is 18.0. The molecule has 0 fully saturated rings. The van der Waals surface area contributed by atoms with Crippen molar-refractivity contribution in [3.05, 3.63) is 92.8 Å². The number of benzene rings is 2. The Morgan fingerprint density at radius 3 is 2.52 bits per heavy atom. The zero-order valence-corrected chi connectivity index (χ0v) is 13.3. The number of hydrogen-bond donors (Lipinski definition) is 0. The number of ether oxygens (including phenoxy) is 1. The molecule has 2 aromatic carbocycles. The van der Waals surface area contributed by atoms with Crippen molar-refractivity contribution in [3.63, 3.8) is 0 Å². The van der Waals surface area contributed by atoms with Gasteiger partial charge in [0.05, 0.1) is 19.3 Å². The average Bonchev–Trinajstić information content (AvgIpc) is 2.62. The fraction of sp³-hybridized carbons (Fsp3) is 0.111. The minimum absolute atomic E-state index is 0.0171. The Bertz CT molecular complexity index is 1040. The molecule has 0 radical (unpaired) electrons. The first-order valence-corrected chi connectivity index (χ1v) is 7.40. The Labute approximate surface area is 141 Å². The maximum absolute atomic E-state index is 13.7. The van der Waals surface area contributed by atoms with Gasteiger partial charge in [-0.25, -0.2) is 8.78 Å². The van der Waals surface area contributed by atoms with Gasteiger partial charge in [0.25, 0.3) is 0 Å². The van der Waals surface area contributed by atoms with Crippen LogP contribution in [0, 0.1) is 11.6 Å². The molecule has 0 amide bonds. The van der Waals surface area contributed by atoms with Crippen molar-refractivity contribution >= 4 is 0 Å². The molecule has 0 aliphatic rings. The average molecular weight is 344 g/mol. The summed E-state index contributed by atoms with van der Waals surface area (Å²) in [5, 5.41) is 0. The van der Waals surface area contributed by atoms with Crippen LogP contribution in [-0.4, -0.2) is 16.2 Å². The Kier molecular flexibility index (Phi) is 4.47. The number of rotatable bonds is 4. The van der Waals surface area contributed by atoms with E-state index in [1.54, 1.807) is 24.3 Å². The van der Waals surface area contributed by atoms with E-state index in [1.807, 2.05) is 0 Å². The summed E-state index contributed by atoms with van der Waals surface area (Å²) in [5.74, 6) is -0.841. The van der Waals surface area contributed by atoms with Crippen LogP contribution in [0.5, 0.6) is 5.75 Å². The van der Waals surface area contributed by atoms with Crippen LogP contribution >= 0.6 is 0 Å². The summed E-state index contributed by atoms with van der Waals surface area (Å²) in [5.41, 5.74) is -1.27. The van der Waals surface area contributed by atoms with Gasteiger partial charge in [0.2, 0.25) is 0 Å². The smallest absolute Gasteiger partial charge is 0.321 e. The van der Waals surface area contributed by atoms with Gasteiger partial charge in [-0.1, -0.05) is 12.1 Å². The molecule has 7 heteroatoms. The van der Waals surface area contributed by atoms with Gasteiger partial charge < -0.3 is 9.30 Å². The lowest BCUT2D eigenvalue weighted by molar-refractivity contribution is 0.412. The summed E-state index contributed by atoms with van der Waals surface area (Å²) in [6.45, 7) is -0.246. The molecular weight excluding hydrogens is 330 g/mol. The first-order chi connectivity index (χ1) is 12.0. The molecule has 128 valence electrons. The normalized spacial score (nSPS) is 10.7. The molecule has 0 N–H and O–H groups in total. The highest BCUT2D eigenvalue weighted by Gasteiger charge is 2.12. The maximum atomic E-state index is 13.7. The molecule has 0 unspecified atom stereocenters. The highest BCUT2D eigenvalue weighted by Crippen LogP contribution is 2.20. The van der Waals surface area contributed by atoms with Crippen molar-refractivity contribution < 1.29 is 13.5 Å². The molecule has 3 aromatic rings. The van der Waals surface area contributed by atoms with E-state index in [2.05, 4.69) is 0 Å². The SMILES string of the molecule is COc1ccccc1-n1ccn(Cc2cc(F)ccc2F)c(=O)c1=O. The van der Waals surface area contributed by atoms with Gasteiger partial charge in [0.1, 0.15) is 17.4 Å². The highest BCUT2D eigenvalue weighted by atomic mass is 19.1. The van der Waals surface area contributed by atoms with Crippen molar-refractivity contribution in [2.45, 2.75) is 6.54 Å². The third kappa shape index (κ3) is 3.21. The lowest BCUT2D eigenvalue weighted by atomic mass is 10.2. The number of aromatic nitrogens is 2. The van der Waals surface area contributed by atoms with E-state index >= 15 is 0 Å². The van der Waals surface area contributed by atoms with Gasteiger partial charge in [-0.05, 0) is 30.3 Å². The van der Waals surface area contributed by atoms with Crippen LogP contribution in [0.25, 0.3) is 5.69 Å². The van der Waals surface area contributed by atoms with Crippen LogP contribution in [0.2, 0.25) is 0 Å². The minimum atomic E-state index is -0.850. The first-order valence-electron chi connectivity index (χ1n) is 7.40. The number of halogens is 2. The van der Waals surface area contributed by atoms with E-state index < -0.39 is 22.8 Å². The molecule has 0 saturated carbocycles. The minimum Gasteiger partial charge on any atom is -0.495 e. The summed E-state index contributed by atoms with van der Waals surface area (Å²) in [6, 6.07) is 9.70. The molecular formula is C18H14F2N2O3. The lowest BCUT2D eigenvalue weighted by Crippen LogP contribution is -2.40. The molecule has 0 saturated heterocycles. The Morgan fingerprint density at radius 1 is 1.00 bits per heavy atom. The molecule has 0 spiro atoms. The summed E-state index contributed by atoms with van der Waals surface area (Å²) >= 11 is 0. The van der Waals surface area contributed by atoms with E-state index in [1.165, 1.54) is 19.5 Å². The van der Waals surface area contributed by atoms with Crippen LogP contribution in [0.4, 0.5) is 8.78 Å². The standard InChI is InChI=1S/C18H14F2N2O3/c1-25-16-5-3-2-4-15(16)22-9-8-21(17(23)18(22)24)11-12-10-13(19)6-7-14(12)20/h2-10H,11H2,1H3. The molecule has 1 heterocycles. The monoisotopic (exact) mass is 344 g/mol. The summed E-state index contributed by atoms with van der Waals surface area (Å²) in [4.78, 5) is 24.7. The fourth-order valence-corrected chi connectivity index (χ4v) is 2.50. The lowest BCUT2D eigenvalue weighted by Gasteiger charge is -2.12. The molecule has 5 nitrogen and oxygen atoms in total. The van der Waals surface area contributed by atoms with Crippen LogP contribution in [0.15, 0.2) is 64.4 Å². The molecule has 0 aliphatic carbocycles. The third-order valence-electron chi connectivity index (χ3n) is 3.75. The highest BCUT2D eigenvalue weighted by molar-refractivity contribution is 5.46. The number of methoxy groups -OCH3 is 1. The third-order valence-corrected chi connectivity index (χ3v) is 3.75. The van der Waals surface area contributed by atoms with Gasteiger partial charge in [-0.2, -0.15) is 0 Å². The van der Waals surface area contributed by atoms with Gasteiger partial charge in [0, 0.05) is 18.0 Å². The van der Waals surface area contributed by atoms with Crippen LogP contribution in [-0.2, 0) is 6.54 Å².